The van der Waals surface area contributed by atoms with Gasteiger partial charge in [-0.05, 0) is 36.8 Å². The van der Waals surface area contributed by atoms with Gasteiger partial charge < -0.3 is 15.4 Å². The highest BCUT2D eigenvalue weighted by Gasteiger charge is 2.23. The molecule has 188 valence electrons. The Morgan fingerprint density at radius 2 is 1.49 bits per heavy atom. The van der Waals surface area contributed by atoms with Crippen LogP contribution in [-0.4, -0.2) is 34.4 Å². The van der Waals surface area contributed by atoms with E-state index in [0.717, 1.165) is 5.56 Å². The average molecular weight is 499 g/mol. The van der Waals surface area contributed by atoms with E-state index < -0.39 is 17.2 Å². The lowest BCUT2D eigenvalue weighted by molar-refractivity contribution is -0.120. The van der Waals surface area contributed by atoms with Gasteiger partial charge in [0, 0.05) is 17.7 Å². The van der Waals surface area contributed by atoms with Crippen LogP contribution >= 0.6 is 0 Å². The molecule has 37 heavy (non-hydrogen) atoms. The Hall–Kier alpha value is -4.92. The zero-order valence-corrected chi connectivity index (χ0v) is 20.2. The molecule has 0 fully saturated rings. The summed E-state index contributed by atoms with van der Waals surface area (Å²) in [4.78, 5) is 54.1. The zero-order valence-electron chi connectivity index (χ0n) is 20.2. The number of likely N-dealkylation sites (N-methyl/N-ethyl adjacent to an activating group) is 1. The van der Waals surface area contributed by atoms with E-state index in [0.29, 0.717) is 16.9 Å². The summed E-state index contributed by atoms with van der Waals surface area (Å²) < 4.78 is 6.83. The van der Waals surface area contributed by atoms with Crippen molar-refractivity contribution in [3.05, 3.63) is 122 Å². The van der Waals surface area contributed by atoms with Gasteiger partial charge in [-0.15, -0.1) is 0 Å². The van der Waals surface area contributed by atoms with E-state index in [1.807, 2.05) is 36.4 Å². The van der Waals surface area contributed by atoms with Crippen molar-refractivity contribution in [3.8, 4) is 5.75 Å². The average Bonchev–Trinajstić information content (AvgIpc) is 2.93. The summed E-state index contributed by atoms with van der Waals surface area (Å²) in [5.74, 6) is -0.378. The molecule has 9 heteroatoms. The number of nitrogen functional groups attached to an aromatic ring is 1. The number of nitrogens with one attached hydrogen (secondary N) is 1. The number of carbonyl (C=O) groups excluding carboxylic acids is 2. The number of H-pyrrole nitrogens is 1. The molecule has 0 saturated heterocycles. The van der Waals surface area contributed by atoms with Gasteiger partial charge in [-0.25, -0.2) is 4.79 Å². The minimum Gasteiger partial charge on any atom is -0.484 e. The molecule has 0 radical (unpaired) electrons. The van der Waals surface area contributed by atoms with Gasteiger partial charge in [-0.3, -0.25) is 23.9 Å². The minimum atomic E-state index is -0.759. The van der Waals surface area contributed by atoms with Crippen molar-refractivity contribution in [2.24, 2.45) is 0 Å². The monoisotopic (exact) mass is 498 g/mol. The van der Waals surface area contributed by atoms with Crippen LogP contribution in [0.15, 0.2) is 94.5 Å². The van der Waals surface area contributed by atoms with E-state index in [9.17, 15) is 19.2 Å². The van der Waals surface area contributed by atoms with Crippen molar-refractivity contribution in [1.82, 2.24) is 9.55 Å². The Morgan fingerprint density at radius 1 is 0.892 bits per heavy atom. The Morgan fingerprint density at radius 3 is 2.11 bits per heavy atom. The topological polar surface area (TPSA) is 127 Å². The number of aromatic amines is 1. The van der Waals surface area contributed by atoms with Crippen molar-refractivity contribution >= 4 is 23.2 Å². The standard InChI is InChI=1S/C28H26N4O5/c1-2-31(24-26(29)32(28(36)30-27(24)35)17-19-9-5-3-6-10-19)23(33)18-37-22-15-13-21(14-16-22)25(34)20-11-7-4-8-12-20/h3-16H,2,17-18,29H2,1H3,(H,30,35,36). The maximum absolute atomic E-state index is 13.0. The number of amides is 1. The summed E-state index contributed by atoms with van der Waals surface area (Å²) in [5, 5.41) is 0. The second-order valence-corrected chi connectivity index (χ2v) is 8.21. The van der Waals surface area contributed by atoms with Gasteiger partial charge in [0.15, 0.2) is 18.1 Å². The molecule has 1 aromatic heterocycles. The number of ether oxygens (including phenoxy) is 1. The lowest BCUT2D eigenvalue weighted by Crippen LogP contribution is -2.42. The fourth-order valence-electron chi connectivity index (χ4n) is 3.90. The molecule has 0 atom stereocenters. The van der Waals surface area contributed by atoms with E-state index in [-0.39, 0.29) is 37.0 Å². The molecule has 0 aliphatic heterocycles. The third-order valence-electron chi connectivity index (χ3n) is 5.80. The maximum atomic E-state index is 13.0. The van der Waals surface area contributed by atoms with Crippen LogP contribution in [-0.2, 0) is 11.3 Å². The van der Waals surface area contributed by atoms with Crippen LogP contribution in [0.1, 0.15) is 28.4 Å². The molecule has 0 spiro atoms. The first-order valence-corrected chi connectivity index (χ1v) is 11.7. The first-order chi connectivity index (χ1) is 17.9. The van der Waals surface area contributed by atoms with Crippen LogP contribution in [0.3, 0.4) is 0 Å². The fourth-order valence-corrected chi connectivity index (χ4v) is 3.90. The SMILES string of the molecule is CCN(C(=O)COc1ccc(C(=O)c2ccccc2)cc1)c1c(N)n(Cc2ccccc2)c(=O)[nH]c1=O. The lowest BCUT2D eigenvalue weighted by atomic mass is 10.0. The number of carbonyl (C=O) groups is 2. The Labute approximate surface area is 212 Å². The van der Waals surface area contributed by atoms with Gasteiger partial charge in [0.05, 0.1) is 6.54 Å². The third kappa shape index (κ3) is 5.67. The first kappa shape index (κ1) is 25.2. The smallest absolute Gasteiger partial charge is 0.330 e. The van der Waals surface area contributed by atoms with Crippen LogP contribution in [0.5, 0.6) is 5.75 Å². The van der Waals surface area contributed by atoms with Crippen molar-refractivity contribution in [2.75, 3.05) is 23.8 Å². The van der Waals surface area contributed by atoms with Gasteiger partial charge in [0.2, 0.25) is 0 Å². The van der Waals surface area contributed by atoms with Crippen LogP contribution in [0.2, 0.25) is 0 Å². The van der Waals surface area contributed by atoms with Gasteiger partial charge in [0.25, 0.3) is 11.5 Å². The van der Waals surface area contributed by atoms with Crippen molar-refractivity contribution in [2.45, 2.75) is 13.5 Å². The van der Waals surface area contributed by atoms with Crippen molar-refractivity contribution in [1.29, 1.82) is 0 Å². The van der Waals surface area contributed by atoms with Crippen molar-refractivity contribution < 1.29 is 14.3 Å². The Kier molecular flexibility index (Phi) is 7.63. The molecule has 9 nitrogen and oxygen atoms in total. The number of nitrogens with two attached hydrogens (primary N) is 1. The molecule has 0 unspecified atom stereocenters. The highest BCUT2D eigenvalue weighted by atomic mass is 16.5. The molecule has 3 aromatic carbocycles. The van der Waals surface area contributed by atoms with E-state index in [4.69, 9.17) is 10.5 Å². The molecule has 0 aliphatic rings. The molecule has 0 aliphatic carbocycles. The summed E-state index contributed by atoms with van der Waals surface area (Å²) in [5.41, 5.74) is 6.55. The summed E-state index contributed by atoms with van der Waals surface area (Å²) in [7, 11) is 0. The van der Waals surface area contributed by atoms with E-state index in [1.165, 1.54) is 9.47 Å². The predicted octanol–water partition coefficient (Wildman–Crippen LogP) is 2.83. The predicted molar refractivity (Wildman–Crippen MR) is 141 cm³/mol. The lowest BCUT2D eigenvalue weighted by Gasteiger charge is -2.23. The van der Waals surface area contributed by atoms with Gasteiger partial charge in [0.1, 0.15) is 11.6 Å². The molecule has 1 heterocycles. The number of rotatable bonds is 9. The number of hydrogen-bond acceptors (Lipinski definition) is 6. The number of nitrogens with zero attached hydrogens (tertiary/aromatic N) is 2. The molecule has 3 N–H and O–H groups in total. The van der Waals surface area contributed by atoms with E-state index >= 15 is 0 Å². The summed E-state index contributed by atoms with van der Waals surface area (Å²) in [6.45, 7) is 1.57. The number of anilines is 2. The summed E-state index contributed by atoms with van der Waals surface area (Å²) in [6, 6.07) is 24.5. The third-order valence-corrected chi connectivity index (χ3v) is 5.80. The number of aromatic nitrogens is 2. The van der Waals surface area contributed by atoms with Crippen LogP contribution in [0.4, 0.5) is 11.5 Å². The first-order valence-electron chi connectivity index (χ1n) is 11.7. The summed E-state index contributed by atoms with van der Waals surface area (Å²) in [6.07, 6.45) is 0. The van der Waals surface area contributed by atoms with Crippen LogP contribution in [0, 0.1) is 0 Å². The zero-order chi connectivity index (χ0) is 26.4. The number of ketones is 1. The maximum Gasteiger partial charge on any atom is 0.330 e. The largest absolute Gasteiger partial charge is 0.484 e. The molecular formula is C28H26N4O5. The molecule has 4 rings (SSSR count). The fraction of sp³-hybridized carbons (Fsp3) is 0.143. The van der Waals surface area contributed by atoms with Crippen LogP contribution in [0.25, 0.3) is 0 Å². The van der Waals surface area contributed by atoms with Crippen molar-refractivity contribution in [3.63, 3.8) is 0 Å². The molecular weight excluding hydrogens is 472 g/mol. The Bertz CT molecular complexity index is 1510. The van der Waals surface area contributed by atoms with Gasteiger partial charge >= 0.3 is 5.69 Å². The molecule has 1 amide bonds. The van der Waals surface area contributed by atoms with E-state index in [1.54, 1.807) is 55.5 Å². The van der Waals surface area contributed by atoms with Crippen LogP contribution < -0.4 is 26.6 Å². The molecule has 4 aromatic rings. The molecule has 0 saturated carbocycles. The Balaban J connectivity index is 1.50. The summed E-state index contributed by atoms with van der Waals surface area (Å²) >= 11 is 0. The number of hydrogen-bond donors (Lipinski definition) is 2. The second kappa shape index (κ2) is 11.2. The highest BCUT2D eigenvalue weighted by Crippen LogP contribution is 2.19. The molecule has 0 bridgehead atoms. The normalized spacial score (nSPS) is 10.6. The van der Waals surface area contributed by atoms with Gasteiger partial charge in [-0.2, -0.15) is 0 Å². The minimum absolute atomic E-state index is 0.114. The highest BCUT2D eigenvalue weighted by molar-refractivity contribution is 6.09. The van der Waals surface area contributed by atoms with E-state index in [2.05, 4.69) is 4.98 Å². The van der Waals surface area contributed by atoms with Gasteiger partial charge in [-0.1, -0.05) is 60.7 Å². The quantitative estimate of drug-likeness (QED) is 0.342. The number of benzene rings is 3. The second-order valence-electron chi connectivity index (χ2n) is 8.21.